The maximum atomic E-state index is 13.2. The second-order valence-electron chi connectivity index (χ2n) is 17.6. The Morgan fingerprint density at radius 2 is 0.860 bits per heavy atom. The average molecular weight is 806 g/mol. The van der Waals surface area contributed by atoms with Gasteiger partial charge in [-0.1, -0.05) is 232 Å². The van der Waals surface area contributed by atoms with E-state index in [2.05, 4.69) is 38.2 Å². The molecule has 0 fully saturated rings. The van der Waals surface area contributed by atoms with Gasteiger partial charge in [0.2, 0.25) is 5.91 Å². The zero-order chi connectivity index (χ0) is 41.7. The van der Waals surface area contributed by atoms with Crippen LogP contribution in [0, 0.1) is 0 Å². The molecule has 0 aliphatic carbocycles. The normalized spacial score (nSPS) is 13.3. The Bertz CT molecular complexity index is 863. The van der Waals surface area contributed by atoms with Crippen molar-refractivity contribution in [3.05, 3.63) is 12.2 Å². The van der Waals surface area contributed by atoms with Gasteiger partial charge in [-0.15, -0.1) is 0 Å². The van der Waals surface area contributed by atoms with Crippen LogP contribution in [0.4, 0.5) is 0 Å². The van der Waals surface area contributed by atoms with Gasteiger partial charge in [-0.05, 0) is 44.9 Å². The molecule has 0 saturated carbocycles. The molecule has 0 aliphatic rings. The lowest BCUT2D eigenvalue weighted by atomic mass is 10.0. The largest absolute Gasteiger partial charge is 0.462 e. The Morgan fingerprint density at radius 1 is 0.491 bits per heavy atom. The van der Waals surface area contributed by atoms with Gasteiger partial charge in [0, 0.05) is 6.42 Å². The standard InChI is InChI=1S/C51H99NO5/c1-4-7-10-13-16-19-22-24-26-28-30-33-36-39-42-47(57-51(56)44-41-38-35-32-27-21-18-15-12-9-6-3)45-50(55)52-48(46-53)49(54)43-40-37-34-31-29-25-23-20-17-14-11-8-5-2/h15,18,47-49,53-54H,4-14,16-17,19-46H2,1-3H3,(H,52,55)/b18-15-. The predicted molar refractivity (Wildman–Crippen MR) is 246 cm³/mol. The van der Waals surface area contributed by atoms with Crippen molar-refractivity contribution < 1.29 is 24.5 Å². The first kappa shape index (κ1) is 55.6. The van der Waals surface area contributed by atoms with Crippen LogP contribution in [-0.4, -0.2) is 46.9 Å². The Hall–Kier alpha value is -1.40. The van der Waals surface area contributed by atoms with Crippen LogP contribution in [-0.2, 0) is 14.3 Å². The van der Waals surface area contributed by atoms with Crippen LogP contribution in [0.3, 0.4) is 0 Å². The van der Waals surface area contributed by atoms with Gasteiger partial charge in [0.25, 0.3) is 0 Å². The molecule has 1 amide bonds. The van der Waals surface area contributed by atoms with Crippen LogP contribution in [0.15, 0.2) is 12.2 Å². The van der Waals surface area contributed by atoms with Crippen LogP contribution in [0.2, 0.25) is 0 Å². The van der Waals surface area contributed by atoms with Crippen LogP contribution in [0.5, 0.6) is 0 Å². The lowest BCUT2D eigenvalue weighted by Crippen LogP contribution is -2.46. The molecule has 0 saturated heterocycles. The Morgan fingerprint density at radius 3 is 1.30 bits per heavy atom. The summed E-state index contributed by atoms with van der Waals surface area (Å²) in [6.45, 7) is 6.46. The highest BCUT2D eigenvalue weighted by atomic mass is 16.5. The van der Waals surface area contributed by atoms with Crippen LogP contribution >= 0.6 is 0 Å². The van der Waals surface area contributed by atoms with Gasteiger partial charge in [0.15, 0.2) is 0 Å². The number of carbonyl (C=O) groups excluding carboxylic acids is 2. The lowest BCUT2D eigenvalue weighted by Gasteiger charge is -2.24. The van der Waals surface area contributed by atoms with Gasteiger partial charge in [0.05, 0.1) is 25.2 Å². The van der Waals surface area contributed by atoms with Crippen molar-refractivity contribution in [2.45, 2.75) is 296 Å². The van der Waals surface area contributed by atoms with Gasteiger partial charge in [-0.25, -0.2) is 0 Å². The van der Waals surface area contributed by atoms with Crippen molar-refractivity contribution in [3.63, 3.8) is 0 Å². The van der Waals surface area contributed by atoms with E-state index in [1.165, 1.54) is 180 Å². The molecule has 338 valence electrons. The number of aliphatic hydroxyl groups excluding tert-OH is 2. The summed E-state index contributed by atoms with van der Waals surface area (Å²) in [5.74, 6) is -0.469. The number of esters is 1. The third-order valence-electron chi connectivity index (χ3n) is 11.8. The number of rotatable bonds is 46. The summed E-state index contributed by atoms with van der Waals surface area (Å²) in [7, 11) is 0. The molecule has 6 nitrogen and oxygen atoms in total. The number of amides is 1. The molecule has 0 aromatic heterocycles. The van der Waals surface area contributed by atoms with Crippen LogP contribution < -0.4 is 5.32 Å². The topological polar surface area (TPSA) is 95.9 Å². The van der Waals surface area contributed by atoms with Gasteiger partial charge in [0.1, 0.15) is 6.10 Å². The van der Waals surface area contributed by atoms with Gasteiger partial charge in [-0.3, -0.25) is 9.59 Å². The molecule has 3 atom stereocenters. The fraction of sp³-hybridized carbons (Fsp3) is 0.922. The van der Waals surface area contributed by atoms with Crippen LogP contribution in [0.25, 0.3) is 0 Å². The number of carbonyl (C=O) groups is 2. The number of aliphatic hydroxyl groups is 2. The third kappa shape index (κ3) is 41.1. The molecule has 0 rings (SSSR count). The quantitative estimate of drug-likeness (QED) is 0.0323. The summed E-state index contributed by atoms with van der Waals surface area (Å²) in [5.41, 5.74) is 0. The molecule has 3 unspecified atom stereocenters. The zero-order valence-electron chi connectivity index (χ0n) is 38.5. The first-order chi connectivity index (χ1) is 28.0. The van der Waals surface area contributed by atoms with E-state index >= 15 is 0 Å². The molecule has 0 spiro atoms. The van der Waals surface area contributed by atoms with Crippen molar-refractivity contribution in [3.8, 4) is 0 Å². The second-order valence-corrected chi connectivity index (χ2v) is 17.6. The molecule has 6 heteroatoms. The zero-order valence-corrected chi connectivity index (χ0v) is 38.5. The highest BCUT2D eigenvalue weighted by Crippen LogP contribution is 2.18. The summed E-state index contributed by atoms with van der Waals surface area (Å²) in [5, 5.41) is 23.7. The van der Waals surface area contributed by atoms with E-state index in [-0.39, 0.29) is 24.9 Å². The molecule has 3 N–H and O–H groups in total. The number of hydrogen-bond acceptors (Lipinski definition) is 5. The van der Waals surface area contributed by atoms with Crippen molar-refractivity contribution in [1.82, 2.24) is 5.32 Å². The second kappa shape index (κ2) is 45.7. The highest BCUT2D eigenvalue weighted by molar-refractivity contribution is 5.77. The van der Waals surface area contributed by atoms with E-state index in [4.69, 9.17) is 4.74 Å². The number of allylic oxidation sites excluding steroid dienone is 2. The number of nitrogens with one attached hydrogen (secondary N) is 1. The van der Waals surface area contributed by atoms with E-state index in [1.807, 2.05) is 0 Å². The summed E-state index contributed by atoms with van der Waals surface area (Å²) in [6, 6.07) is -0.695. The van der Waals surface area contributed by atoms with Crippen molar-refractivity contribution in [1.29, 1.82) is 0 Å². The van der Waals surface area contributed by atoms with Crippen molar-refractivity contribution in [2.75, 3.05) is 6.61 Å². The Labute approximate surface area is 355 Å². The van der Waals surface area contributed by atoms with Crippen LogP contribution in [0.1, 0.15) is 278 Å². The maximum absolute atomic E-state index is 13.2. The molecular weight excluding hydrogens is 707 g/mol. The van der Waals surface area contributed by atoms with Gasteiger partial charge in [-0.2, -0.15) is 0 Å². The summed E-state index contributed by atoms with van der Waals surface area (Å²) >= 11 is 0. The summed E-state index contributed by atoms with van der Waals surface area (Å²) < 4.78 is 5.92. The SMILES string of the molecule is CCCC/C=C\CCCCCCCC(=O)OC(CCCCCCCCCCCCCCCC)CC(=O)NC(CO)C(O)CCCCCCCCCCCCCCC. The first-order valence-electron chi connectivity index (χ1n) is 25.4. The predicted octanol–water partition coefficient (Wildman–Crippen LogP) is 15.0. The molecule has 0 radical (unpaired) electrons. The van der Waals surface area contributed by atoms with E-state index in [9.17, 15) is 19.8 Å². The lowest BCUT2D eigenvalue weighted by molar-refractivity contribution is -0.151. The van der Waals surface area contributed by atoms with E-state index in [0.29, 0.717) is 19.3 Å². The summed E-state index contributed by atoms with van der Waals surface area (Å²) in [4.78, 5) is 26.1. The molecule has 0 heterocycles. The van der Waals surface area contributed by atoms with E-state index in [0.717, 1.165) is 51.4 Å². The average Bonchev–Trinajstić information content (AvgIpc) is 3.20. The fourth-order valence-electron chi connectivity index (χ4n) is 7.94. The Kier molecular flexibility index (Phi) is 44.6. The molecular formula is C51H99NO5. The molecule has 0 bridgehead atoms. The van der Waals surface area contributed by atoms with Gasteiger partial charge >= 0.3 is 5.97 Å². The minimum atomic E-state index is -0.782. The van der Waals surface area contributed by atoms with E-state index < -0.39 is 18.2 Å². The molecule has 0 aliphatic heterocycles. The fourth-order valence-corrected chi connectivity index (χ4v) is 7.94. The number of unbranched alkanes of at least 4 members (excludes halogenated alkanes) is 32. The highest BCUT2D eigenvalue weighted by Gasteiger charge is 2.24. The number of ether oxygens (including phenoxy) is 1. The van der Waals surface area contributed by atoms with E-state index in [1.54, 1.807) is 0 Å². The number of hydrogen-bond donors (Lipinski definition) is 3. The minimum absolute atomic E-state index is 0.0813. The third-order valence-corrected chi connectivity index (χ3v) is 11.8. The minimum Gasteiger partial charge on any atom is -0.462 e. The van der Waals surface area contributed by atoms with Gasteiger partial charge < -0.3 is 20.3 Å². The Balaban J connectivity index is 4.53. The monoisotopic (exact) mass is 806 g/mol. The van der Waals surface area contributed by atoms with Crippen molar-refractivity contribution in [2.24, 2.45) is 0 Å². The molecule has 0 aromatic carbocycles. The smallest absolute Gasteiger partial charge is 0.306 e. The summed E-state index contributed by atoms with van der Waals surface area (Å²) in [6.07, 6.45) is 49.8. The van der Waals surface area contributed by atoms with Crippen molar-refractivity contribution >= 4 is 11.9 Å². The first-order valence-corrected chi connectivity index (χ1v) is 25.4. The molecule has 57 heavy (non-hydrogen) atoms. The maximum Gasteiger partial charge on any atom is 0.306 e. The molecule has 0 aromatic rings.